The topological polar surface area (TPSA) is 35.6 Å². The Hall–Kier alpha value is -1.04. The molecule has 1 fully saturated rings. The molecule has 2 rings (SSSR count). The van der Waals surface area contributed by atoms with Gasteiger partial charge < -0.3 is 10.2 Å². The summed E-state index contributed by atoms with van der Waals surface area (Å²) < 4.78 is 0. The van der Waals surface area contributed by atoms with E-state index >= 15 is 0 Å². The summed E-state index contributed by atoms with van der Waals surface area (Å²) in [7, 11) is 2.16. The first-order chi connectivity index (χ1) is 11.1. The number of nitrogens with zero attached hydrogens (tertiary/aromatic N) is 2. The number of carbonyl (C=O) groups excluding carboxylic acids is 1. The van der Waals surface area contributed by atoms with E-state index in [1.807, 2.05) is 25.1 Å². The van der Waals surface area contributed by atoms with Crippen LogP contribution in [0.3, 0.4) is 0 Å². The Bertz CT molecular complexity index is 474. The standard InChI is InChI=1S/C18H29N3OS/c1-15(21-11-9-20(3)10-12-21)13-19-18(22)16(2)23-14-17-7-5-4-6-8-17/h4-8,15-16H,9-14H2,1-3H3,(H,19,22)/t15-,16+/m0/s1. The molecule has 1 saturated heterocycles. The molecule has 1 amide bonds. The largest absolute Gasteiger partial charge is 0.354 e. The number of piperazine rings is 1. The summed E-state index contributed by atoms with van der Waals surface area (Å²) in [5, 5.41) is 3.09. The van der Waals surface area contributed by atoms with Gasteiger partial charge in [0.05, 0.1) is 5.25 Å². The van der Waals surface area contributed by atoms with Crippen molar-refractivity contribution >= 4 is 17.7 Å². The monoisotopic (exact) mass is 335 g/mol. The first-order valence-electron chi connectivity index (χ1n) is 8.42. The zero-order chi connectivity index (χ0) is 16.7. The molecule has 0 bridgehead atoms. The second kappa shape index (κ2) is 9.30. The van der Waals surface area contributed by atoms with Crippen molar-refractivity contribution in [2.75, 3.05) is 39.8 Å². The van der Waals surface area contributed by atoms with Crippen molar-refractivity contribution in [3.8, 4) is 0 Å². The molecule has 0 unspecified atom stereocenters. The van der Waals surface area contributed by atoms with Crippen LogP contribution in [0.25, 0.3) is 0 Å². The number of hydrogen-bond donors (Lipinski definition) is 1. The molecule has 1 aliphatic heterocycles. The minimum Gasteiger partial charge on any atom is -0.354 e. The van der Waals surface area contributed by atoms with E-state index in [1.54, 1.807) is 11.8 Å². The van der Waals surface area contributed by atoms with Gasteiger partial charge in [-0.1, -0.05) is 30.3 Å². The molecule has 1 heterocycles. The number of thioether (sulfide) groups is 1. The van der Waals surface area contributed by atoms with Gasteiger partial charge in [-0.05, 0) is 26.5 Å². The molecule has 0 saturated carbocycles. The van der Waals surface area contributed by atoms with E-state index in [0.717, 1.165) is 38.5 Å². The third-order valence-corrected chi connectivity index (χ3v) is 5.66. The van der Waals surface area contributed by atoms with Crippen LogP contribution in [0.2, 0.25) is 0 Å². The van der Waals surface area contributed by atoms with E-state index in [1.165, 1.54) is 5.56 Å². The fourth-order valence-corrected chi connectivity index (χ4v) is 3.52. The van der Waals surface area contributed by atoms with Crippen LogP contribution in [0, 0.1) is 0 Å². The minimum atomic E-state index is -0.0186. The summed E-state index contributed by atoms with van der Waals surface area (Å²) in [6, 6.07) is 10.7. The van der Waals surface area contributed by atoms with Crippen LogP contribution in [0.5, 0.6) is 0 Å². The van der Waals surface area contributed by atoms with E-state index in [0.29, 0.717) is 6.04 Å². The molecule has 23 heavy (non-hydrogen) atoms. The lowest BCUT2D eigenvalue weighted by atomic mass is 10.2. The average molecular weight is 336 g/mol. The van der Waals surface area contributed by atoms with Crippen molar-refractivity contribution in [3.63, 3.8) is 0 Å². The highest BCUT2D eigenvalue weighted by Crippen LogP contribution is 2.17. The number of rotatable bonds is 7. The maximum Gasteiger partial charge on any atom is 0.232 e. The molecule has 0 radical (unpaired) electrons. The average Bonchev–Trinajstić information content (AvgIpc) is 2.58. The van der Waals surface area contributed by atoms with Gasteiger partial charge in [0.1, 0.15) is 0 Å². The first kappa shape index (κ1) is 18.3. The maximum atomic E-state index is 12.2. The van der Waals surface area contributed by atoms with Crippen molar-refractivity contribution in [2.24, 2.45) is 0 Å². The van der Waals surface area contributed by atoms with Crippen LogP contribution in [0.4, 0.5) is 0 Å². The highest BCUT2D eigenvalue weighted by Gasteiger charge is 2.20. The second-order valence-corrected chi connectivity index (χ2v) is 7.70. The number of likely N-dealkylation sites (N-methyl/N-ethyl adjacent to an activating group) is 1. The van der Waals surface area contributed by atoms with Crippen molar-refractivity contribution in [3.05, 3.63) is 35.9 Å². The molecule has 1 aromatic carbocycles. The Morgan fingerprint density at radius 3 is 2.48 bits per heavy atom. The highest BCUT2D eigenvalue weighted by molar-refractivity contribution is 7.99. The van der Waals surface area contributed by atoms with Crippen LogP contribution in [0.1, 0.15) is 19.4 Å². The summed E-state index contributed by atoms with van der Waals surface area (Å²) in [4.78, 5) is 17.1. The highest BCUT2D eigenvalue weighted by atomic mass is 32.2. The van der Waals surface area contributed by atoms with E-state index < -0.39 is 0 Å². The Morgan fingerprint density at radius 1 is 1.17 bits per heavy atom. The molecule has 5 heteroatoms. The van der Waals surface area contributed by atoms with Crippen LogP contribution in [-0.4, -0.2) is 66.8 Å². The summed E-state index contributed by atoms with van der Waals surface area (Å²) in [6.07, 6.45) is 0. The van der Waals surface area contributed by atoms with Gasteiger partial charge in [0, 0.05) is 44.5 Å². The van der Waals surface area contributed by atoms with Gasteiger partial charge in [-0.15, -0.1) is 11.8 Å². The van der Waals surface area contributed by atoms with Crippen LogP contribution < -0.4 is 5.32 Å². The van der Waals surface area contributed by atoms with Crippen molar-refractivity contribution in [2.45, 2.75) is 30.9 Å². The molecule has 128 valence electrons. The van der Waals surface area contributed by atoms with Gasteiger partial charge in [0.15, 0.2) is 0 Å². The zero-order valence-corrected chi connectivity index (χ0v) is 15.3. The Morgan fingerprint density at radius 2 is 1.83 bits per heavy atom. The fourth-order valence-electron chi connectivity index (χ4n) is 2.65. The van der Waals surface area contributed by atoms with Crippen molar-refractivity contribution < 1.29 is 4.79 Å². The van der Waals surface area contributed by atoms with E-state index in [-0.39, 0.29) is 11.2 Å². The number of benzene rings is 1. The van der Waals surface area contributed by atoms with E-state index in [2.05, 4.69) is 41.2 Å². The van der Waals surface area contributed by atoms with Crippen molar-refractivity contribution in [1.82, 2.24) is 15.1 Å². The van der Waals surface area contributed by atoms with Gasteiger partial charge in [-0.3, -0.25) is 9.69 Å². The predicted octanol–water partition coefficient (Wildman–Crippen LogP) is 2.06. The molecule has 0 aliphatic carbocycles. The van der Waals surface area contributed by atoms with E-state index in [4.69, 9.17) is 0 Å². The molecule has 0 spiro atoms. The normalized spacial score (nSPS) is 19.3. The molecule has 1 aliphatic rings. The molecule has 4 nitrogen and oxygen atoms in total. The molecule has 1 aromatic rings. The Balaban J connectivity index is 1.67. The number of carbonyl (C=O) groups is 1. The van der Waals surface area contributed by atoms with Gasteiger partial charge in [0.25, 0.3) is 0 Å². The van der Waals surface area contributed by atoms with Crippen LogP contribution in [-0.2, 0) is 10.5 Å². The van der Waals surface area contributed by atoms with Crippen LogP contribution in [0.15, 0.2) is 30.3 Å². The number of hydrogen-bond acceptors (Lipinski definition) is 4. The smallest absolute Gasteiger partial charge is 0.232 e. The molecular formula is C18H29N3OS. The third kappa shape index (κ3) is 6.16. The zero-order valence-electron chi connectivity index (χ0n) is 14.5. The number of nitrogens with one attached hydrogen (secondary N) is 1. The summed E-state index contributed by atoms with van der Waals surface area (Å²) in [5.74, 6) is 1.02. The molecule has 1 N–H and O–H groups in total. The molecular weight excluding hydrogens is 306 g/mol. The van der Waals surface area contributed by atoms with Gasteiger partial charge in [-0.2, -0.15) is 0 Å². The number of amides is 1. The SMILES string of the molecule is C[C@@H](SCc1ccccc1)C(=O)NC[C@H](C)N1CCN(C)CC1. The molecule has 0 aromatic heterocycles. The summed E-state index contributed by atoms with van der Waals surface area (Å²) in [5.41, 5.74) is 1.27. The quantitative estimate of drug-likeness (QED) is 0.827. The predicted molar refractivity (Wildman–Crippen MR) is 98.7 cm³/mol. The Kier molecular flexibility index (Phi) is 7.40. The van der Waals surface area contributed by atoms with E-state index in [9.17, 15) is 4.79 Å². The van der Waals surface area contributed by atoms with Crippen LogP contribution >= 0.6 is 11.8 Å². The fraction of sp³-hybridized carbons (Fsp3) is 0.611. The Labute approximate surface area is 144 Å². The molecule has 2 atom stereocenters. The van der Waals surface area contributed by atoms with Crippen molar-refractivity contribution in [1.29, 1.82) is 0 Å². The van der Waals surface area contributed by atoms with Gasteiger partial charge in [-0.25, -0.2) is 0 Å². The lowest BCUT2D eigenvalue weighted by Gasteiger charge is -2.36. The lowest BCUT2D eigenvalue weighted by Crippen LogP contribution is -2.51. The summed E-state index contributed by atoms with van der Waals surface area (Å²) >= 11 is 1.69. The van der Waals surface area contributed by atoms with Gasteiger partial charge in [0.2, 0.25) is 5.91 Å². The van der Waals surface area contributed by atoms with Gasteiger partial charge >= 0.3 is 0 Å². The maximum absolute atomic E-state index is 12.2. The second-order valence-electron chi connectivity index (χ2n) is 6.37. The third-order valence-electron chi connectivity index (χ3n) is 4.44. The minimum absolute atomic E-state index is 0.0186. The summed E-state index contributed by atoms with van der Waals surface area (Å²) in [6.45, 7) is 9.33. The lowest BCUT2D eigenvalue weighted by molar-refractivity contribution is -0.120. The first-order valence-corrected chi connectivity index (χ1v) is 9.47.